The van der Waals surface area contributed by atoms with Gasteiger partial charge in [0.25, 0.3) is 11.8 Å². The normalized spacial score (nSPS) is 16.2. The number of rotatable bonds is 11. The number of amides is 2. The highest BCUT2D eigenvalue weighted by Gasteiger charge is 2.24. The Kier molecular flexibility index (Phi) is 8.24. The van der Waals surface area contributed by atoms with Crippen molar-refractivity contribution in [3.8, 4) is 0 Å². The first-order valence-corrected chi connectivity index (χ1v) is 8.18. The summed E-state index contributed by atoms with van der Waals surface area (Å²) in [7, 11) is 0. The number of imide groups is 1. The molecular formula is C17H29NO2. The minimum atomic E-state index is -0.155. The van der Waals surface area contributed by atoms with Crippen molar-refractivity contribution in [2.75, 3.05) is 6.54 Å². The van der Waals surface area contributed by atoms with E-state index in [4.69, 9.17) is 0 Å². The second-order valence-electron chi connectivity index (χ2n) is 5.99. The molecule has 1 aliphatic rings. The van der Waals surface area contributed by atoms with Gasteiger partial charge in [0.05, 0.1) is 0 Å². The van der Waals surface area contributed by atoms with Crippen molar-refractivity contribution in [1.29, 1.82) is 0 Å². The molecule has 2 amide bonds. The lowest BCUT2D eigenvalue weighted by atomic mass is 10.0. The first kappa shape index (κ1) is 16.9. The van der Waals surface area contributed by atoms with E-state index in [9.17, 15) is 9.59 Å². The molecule has 0 bridgehead atoms. The second-order valence-corrected chi connectivity index (χ2v) is 5.99. The zero-order valence-corrected chi connectivity index (χ0v) is 13.1. The summed E-state index contributed by atoms with van der Waals surface area (Å²) in [4.78, 5) is 24.2. The zero-order valence-electron chi connectivity index (χ0n) is 13.1. The minimum absolute atomic E-state index is 0.155. The summed E-state index contributed by atoms with van der Waals surface area (Å²) in [5.74, 6) is 0.0958. The minimum Gasteiger partial charge on any atom is -0.275 e. The van der Waals surface area contributed by atoms with Gasteiger partial charge in [0.2, 0.25) is 0 Å². The molecule has 0 spiro atoms. The van der Waals surface area contributed by atoms with Gasteiger partial charge in [-0.05, 0) is 12.3 Å². The lowest BCUT2D eigenvalue weighted by Crippen LogP contribution is -2.34. The molecule has 3 heteroatoms. The molecule has 0 aliphatic carbocycles. The number of unbranched alkanes of at least 4 members (excludes halogenated alkanes) is 7. The fourth-order valence-electron chi connectivity index (χ4n) is 2.64. The molecule has 1 heterocycles. The standard InChI is InChI=1S/C17H29NO2/c1-3-4-5-6-7-8-9-10-11-15(2)14-18-16(19)12-13-17(18)20/h12-13,15H,3-11,14H2,1-2H3. The van der Waals surface area contributed by atoms with Gasteiger partial charge in [0.1, 0.15) is 0 Å². The van der Waals surface area contributed by atoms with Gasteiger partial charge in [-0.25, -0.2) is 0 Å². The smallest absolute Gasteiger partial charge is 0.253 e. The molecule has 1 aliphatic heterocycles. The maximum Gasteiger partial charge on any atom is 0.253 e. The summed E-state index contributed by atoms with van der Waals surface area (Å²) >= 11 is 0. The van der Waals surface area contributed by atoms with E-state index < -0.39 is 0 Å². The van der Waals surface area contributed by atoms with Gasteiger partial charge in [0.15, 0.2) is 0 Å². The van der Waals surface area contributed by atoms with Crippen LogP contribution in [-0.4, -0.2) is 23.3 Å². The maximum absolute atomic E-state index is 11.4. The number of hydrogen-bond acceptors (Lipinski definition) is 2. The average molecular weight is 279 g/mol. The van der Waals surface area contributed by atoms with Crippen LogP contribution < -0.4 is 0 Å². The third-order valence-electron chi connectivity index (χ3n) is 3.95. The van der Waals surface area contributed by atoms with Crippen LogP contribution >= 0.6 is 0 Å². The Balaban J connectivity index is 1.99. The molecule has 0 radical (unpaired) electrons. The van der Waals surface area contributed by atoms with E-state index in [1.165, 1.54) is 68.4 Å². The molecule has 3 nitrogen and oxygen atoms in total. The Hall–Kier alpha value is -1.12. The van der Waals surface area contributed by atoms with E-state index in [1.54, 1.807) is 0 Å². The SMILES string of the molecule is CCCCCCCCCCC(C)CN1C(=O)C=CC1=O. The van der Waals surface area contributed by atoms with Crippen molar-refractivity contribution in [3.05, 3.63) is 12.2 Å². The molecule has 0 saturated carbocycles. The van der Waals surface area contributed by atoms with Crippen molar-refractivity contribution >= 4 is 11.8 Å². The van der Waals surface area contributed by atoms with Gasteiger partial charge in [-0.3, -0.25) is 14.5 Å². The van der Waals surface area contributed by atoms with E-state index in [2.05, 4.69) is 13.8 Å². The summed E-state index contributed by atoms with van der Waals surface area (Å²) in [6.45, 7) is 4.94. The van der Waals surface area contributed by atoms with Gasteiger partial charge >= 0.3 is 0 Å². The maximum atomic E-state index is 11.4. The molecule has 0 saturated heterocycles. The van der Waals surface area contributed by atoms with Crippen LogP contribution in [0.4, 0.5) is 0 Å². The van der Waals surface area contributed by atoms with Crippen LogP contribution in [0.5, 0.6) is 0 Å². The highest BCUT2D eigenvalue weighted by molar-refractivity contribution is 6.12. The monoisotopic (exact) mass is 279 g/mol. The lowest BCUT2D eigenvalue weighted by Gasteiger charge is -2.19. The molecule has 114 valence electrons. The van der Waals surface area contributed by atoms with Crippen molar-refractivity contribution < 1.29 is 9.59 Å². The van der Waals surface area contributed by atoms with Gasteiger partial charge < -0.3 is 0 Å². The number of carbonyl (C=O) groups excluding carboxylic acids is 2. The van der Waals surface area contributed by atoms with Crippen molar-refractivity contribution in [1.82, 2.24) is 4.90 Å². The summed E-state index contributed by atoms with van der Waals surface area (Å²) in [5, 5.41) is 0. The molecule has 0 aromatic rings. The molecule has 20 heavy (non-hydrogen) atoms. The molecule has 0 N–H and O–H groups in total. The first-order valence-electron chi connectivity index (χ1n) is 8.18. The Morgan fingerprint density at radius 2 is 1.40 bits per heavy atom. The Morgan fingerprint density at radius 1 is 0.900 bits per heavy atom. The molecule has 0 fully saturated rings. The predicted octanol–water partition coefficient (Wildman–Crippen LogP) is 4.08. The van der Waals surface area contributed by atoms with Gasteiger partial charge in [-0.2, -0.15) is 0 Å². The summed E-state index contributed by atoms with van der Waals surface area (Å²) in [6.07, 6.45) is 14.4. The van der Waals surface area contributed by atoms with Crippen LogP contribution in [0, 0.1) is 5.92 Å². The highest BCUT2D eigenvalue weighted by atomic mass is 16.2. The fourth-order valence-corrected chi connectivity index (χ4v) is 2.64. The largest absolute Gasteiger partial charge is 0.275 e. The van der Waals surface area contributed by atoms with E-state index in [0.29, 0.717) is 12.5 Å². The van der Waals surface area contributed by atoms with Crippen LogP contribution in [0.3, 0.4) is 0 Å². The topological polar surface area (TPSA) is 37.4 Å². The molecular weight excluding hydrogens is 250 g/mol. The molecule has 1 atom stereocenters. The van der Waals surface area contributed by atoms with Crippen LogP contribution in [0.1, 0.15) is 71.6 Å². The number of nitrogens with zero attached hydrogens (tertiary/aromatic N) is 1. The Labute approximate surface area is 123 Å². The molecule has 0 aromatic carbocycles. The summed E-state index contributed by atoms with van der Waals surface area (Å²) < 4.78 is 0. The Bertz CT molecular complexity index is 318. The van der Waals surface area contributed by atoms with Crippen molar-refractivity contribution in [2.45, 2.75) is 71.6 Å². The second kappa shape index (κ2) is 9.73. The first-order chi connectivity index (χ1) is 9.65. The van der Waals surface area contributed by atoms with E-state index >= 15 is 0 Å². The van der Waals surface area contributed by atoms with E-state index in [0.717, 1.165) is 6.42 Å². The quantitative estimate of drug-likeness (QED) is 0.422. The van der Waals surface area contributed by atoms with E-state index in [-0.39, 0.29) is 11.8 Å². The summed E-state index contributed by atoms with van der Waals surface area (Å²) in [5.41, 5.74) is 0. The summed E-state index contributed by atoms with van der Waals surface area (Å²) in [6, 6.07) is 0. The van der Waals surface area contributed by atoms with Crippen molar-refractivity contribution in [3.63, 3.8) is 0 Å². The van der Waals surface area contributed by atoms with Crippen LogP contribution in [0.15, 0.2) is 12.2 Å². The molecule has 1 unspecified atom stereocenters. The third-order valence-corrected chi connectivity index (χ3v) is 3.95. The van der Waals surface area contributed by atoms with Crippen molar-refractivity contribution in [2.24, 2.45) is 5.92 Å². The molecule has 0 aromatic heterocycles. The number of carbonyl (C=O) groups is 2. The Morgan fingerprint density at radius 3 is 1.95 bits per heavy atom. The van der Waals surface area contributed by atoms with Crippen LogP contribution in [-0.2, 0) is 9.59 Å². The fraction of sp³-hybridized carbons (Fsp3) is 0.765. The predicted molar refractivity (Wildman–Crippen MR) is 82.3 cm³/mol. The van der Waals surface area contributed by atoms with Gasteiger partial charge in [-0.15, -0.1) is 0 Å². The third kappa shape index (κ3) is 6.36. The zero-order chi connectivity index (χ0) is 14.8. The van der Waals surface area contributed by atoms with Gasteiger partial charge in [-0.1, -0.05) is 65.2 Å². The average Bonchev–Trinajstić information content (AvgIpc) is 2.73. The van der Waals surface area contributed by atoms with E-state index in [1.807, 2.05) is 0 Å². The van der Waals surface area contributed by atoms with Gasteiger partial charge in [0, 0.05) is 18.7 Å². The van der Waals surface area contributed by atoms with Crippen LogP contribution in [0.2, 0.25) is 0 Å². The molecule has 1 rings (SSSR count). The van der Waals surface area contributed by atoms with Crippen LogP contribution in [0.25, 0.3) is 0 Å². The number of hydrogen-bond donors (Lipinski definition) is 0. The lowest BCUT2D eigenvalue weighted by molar-refractivity contribution is -0.137. The highest BCUT2D eigenvalue weighted by Crippen LogP contribution is 2.15.